The van der Waals surface area contributed by atoms with Gasteiger partial charge in [-0.25, -0.2) is 0 Å². The molecular weight excluding hydrogens is 276 g/mol. The molecule has 1 aliphatic carbocycles. The SMILES string of the molecule is COc1ccc(Nc2ccccc2NC(=O)C2CCC2)cc1. The largest absolute Gasteiger partial charge is 0.497 e. The zero-order valence-corrected chi connectivity index (χ0v) is 12.6. The molecule has 0 aliphatic heterocycles. The smallest absolute Gasteiger partial charge is 0.227 e. The van der Waals surface area contributed by atoms with E-state index >= 15 is 0 Å². The zero-order valence-electron chi connectivity index (χ0n) is 12.6. The van der Waals surface area contributed by atoms with E-state index in [1.165, 1.54) is 0 Å². The van der Waals surface area contributed by atoms with Gasteiger partial charge in [-0.15, -0.1) is 0 Å². The van der Waals surface area contributed by atoms with Crippen molar-refractivity contribution in [2.24, 2.45) is 5.92 Å². The number of methoxy groups -OCH3 is 1. The monoisotopic (exact) mass is 296 g/mol. The highest BCUT2D eigenvalue weighted by Crippen LogP contribution is 2.30. The summed E-state index contributed by atoms with van der Waals surface area (Å²) in [5, 5.41) is 6.36. The first-order chi connectivity index (χ1) is 10.8. The molecule has 0 unspecified atom stereocenters. The van der Waals surface area contributed by atoms with E-state index in [0.29, 0.717) is 0 Å². The standard InChI is InChI=1S/C18H20N2O2/c1-22-15-11-9-14(10-12-15)19-16-7-2-3-8-17(16)20-18(21)13-5-4-6-13/h2-3,7-13,19H,4-6H2,1H3,(H,20,21). The molecule has 0 aromatic heterocycles. The van der Waals surface area contributed by atoms with E-state index in [9.17, 15) is 4.79 Å². The van der Waals surface area contributed by atoms with Crippen LogP contribution in [0.5, 0.6) is 5.75 Å². The lowest BCUT2D eigenvalue weighted by atomic mass is 9.85. The predicted molar refractivity (Wildman–Crippen MR) is 88.7 cm³/mol. The number of nitrogens with one attached hydrogen (secondary N) is 2. The Balaban J connectivity index is 1.73. The second kappa shape index (κ2) is 6.52. The minimum Gasteiger partial charge on any atom is -0.497 e. The van der Waals surface area contributed by atoms with Crippen LogP contribution in [0.1, 0.15) is 19.3 Å². The molecule has 0 atom stereocenters. The Kier molecular flexibility index (Phi) is 4.28. The van der Waals surface area contributed by atoms with Crippen molar-refractivity contribution in [3.63, 3.8) is 0 Å². The first-order valence-corrected chi connectivity index (χ1v) is 7.57. The lowest BCUT2D eigenvalue weighted by Gasteiger charge is -2.24. The van der Waals surface area contributed by atoms with Crippen molar-refractivity contribution in [1.82, 2.24) is 0 Å². The van der Waals surface area contributed by atoms with Gasteiger partial charge in [0.15, 0.2) is 0 Å². The van der Waals surface area contributed by atoms with Gasteiger partial charge in [-0.1, -0.05) is 18.6 Å². The number of hydrogen-bond acceptors (Lipinski definition) is 3. The number of carbonyl (C=O) groups is 1. The van der Waals surface area contributed by atoms with Crippen LogP contribution in [0, 0.1) is 5.92 Å². The lowest BCUT2D eigenvalue weighted by Crippen LogP contribution is -2.28. The highest BCUT2D eigenvalue weighted by molar-refractivity contribution is 5.96. The number of para-hydroxylation sites is 2. The Morgan fingerprint density at radius 3 is 2.32 bits per heavy atom. The molecule has 2 aromatic rings. The van der Waals surface area contributed by atoms with Crippen LogP contribution in [0.25, 0.3) is 0 Å². The number of rotatable bonds is 5. The number of ether oxygens (including phenoxy) is 1. The minimum absolute atomic E-state index is 0.121. The Hall–Kier alpha value is -2.49. The number of benzene rings is 2. The van der Waals surface area contributed by atoms with Gasteiger partial charge in [0.05, 0.1) is 18.5 Å². The summed E-state index contributed by atoms with van der Waals surface area (Å²) < 4.78 is 5.16. The van der Waals surface area contributed by atoms with Gasteiger partial charge in [0.2, 0.25) is 5.91 Å². The highest BCUT2D eigenvalue weighted by Gasteiger charge is 2.25. The summed E-state index contributed by atoms with van der Waals surface area (Å²) in [4.78, 5) is 12.1. The van der Waals surface area contributed by atoms with Crippen molar-refractivity contribution in [3.8, 4) is 5.75 Å². The van der Waals surface area contributed by atoms with Crippen molar-refractivity contribution in [2.75, 3.05) is 17.7 Å². The molecule has 1 fully saturated rings. The van der Waals surface area contributed by atoms with Crippen LogP contribution >= 0.6 is 0 Å². The van der Waals surface area contributed by atoms with Crippen molar-refractivity contribution in [2.45, 2.75) is 19.3 Å². The van der Waals surface area contributed by atoms with E-state index in [2.05, 4.69) is 10.6 Å². The predicted octanol–water partition coefficient (Wildman–Crippen LogP) is 4.18. The van der Waals surface area contributed by atoms with E-state index in [0.717, 1.165) is 42.1 Å². The van der Waals surface area contributed by atoms with Crippen molar-refractivity contribution < 1.29 is 9.53 Å². The van der Waals surface area contributed by atoms with Gasteiger partial charge >= 0.3 is 0 Å². The van der Waals surface area contributed by atoms with Crippen LogP contribution in [0.15, 0.2) is 48.5 Å². The first-order valence-electron chi connectivity index (χ1n) is 7.57. The average Bonchev–Trinajstić information content (AvgIpc) is 2.48. The molecule has 0 spiro atoms. The van der Waals surface area contributed by atoms with E-state index < -0.39 is 0 Å². The van der Waals surface area contributed by atoms with Gasteiger partial charge in [0, 0.05) is 11.6 Å². The molecule has 0 saturated heterocycles. The molecule has 4 nitrogen and oxygen atoms in total. The summed E-state index contributed by atoms with van der Waals surface area (Å²) in [7, 11) is 1.65. The molecule has 1 saturated carbocycles. The van der Waals surface area contributed by atoms with Gasteiger partial charge in [-0.2, -0.15) is 0 Å². The third-order valence-corrected chi connectivity index (χ3v) is 4.03. The summed E-state index contributed by atoms with van der Waals surface area (Å²) in [6.45, 7) is 0. The zero-order chi connectivity index (χ0) is 15.4. The summed E-state index contributed by atoms with van der Waals surface area (Å²) >= 11 is 0. The molecule has 2 aromatic carbocycles. The average molecular weight is 296 g/mol. The molecule has 114 valence electrons. The fourth-order valence-corrected chi connectivity index (χ4v) is 2.44. The molecule has 22 heavy (non-hydrogen) atoms. The molecule has 3 rings (SSSR count). The van der Waals surface area contributed by atoms with E-state index in [-0.39, 0.29) is 11.8 Å². The fourth-order valence-electron chi connectivity index (χ4n) is 2.44. The molecule has 0 heterocycles. The second-order valence-electron chi connectivity index (χ2n) is 5.52. The third-order valence-electron chi connectivity index (χ3n) is 4.03. The molecule has 0 bridgehead atoms. The Bertz CT molecular complexity index is 648. The summed E-state index contributed by atoms with van der Waals surface area (Å²) in [6, 6.07) is 15.5. The van der Waals surface area contributed by atoms with Crippen LogP contribution < -0.4 is 15.4 Å². The summed E-state index contributed by atoms with van der Waals surface area (Å²) in [6.07, 6.45) is 3.16. The Morgan fingerprint density at radius 2 is 1.73 bits per heavy atom. The molecule has 2 N–H and O–H groups in total. The summed E-state index contributed by atoms with van der Waals surface area (Å²) in [5.74, 6) is 1.11. The van der Waals surface area contributed by atoms with Gasteiger partial charge in [0.1, 0.15) is 5.75 Å². The number of hydrogen-bond donors (Lipinski definition) is 2. The van der Waals surface area contributed by atoms with Gasteiger partial charge in [-0.05, 0) is 49.2 Å². The lowest BCUT2D eigenvalue weighted by molar-refractivity contribution is -0.122. The number of anilines is 3. The normalized spacial score (nSPS) is 14.0. The Labute approximate surface area is 130 Å². The highest BCUT2D eigenvalue weighted by atomic mass is 16.5. The maximum Gasteiger partial charge on any atom is 0.227 e. The second-order valence-corrected chi connectivity index (χ2v) is 5.52. The van der Waals surface area contributed by atoms with Gasteiger partial charge in [0.25, 0.3) is 0 Å². The van der Waals surface area contributed by atoms with Gasteiger partial charge in [-0.3, -0.25) is 4.79 Å². The van der Waals surface area contributed by atoms with Crippen LogP contribution in [-0.2, 0) is 4.79 Å². The summed E-state index contributed by atoms with van der Waals surface area (Å²) in [5.41, 5.74) is 2.65. The van der Waals surface area contributed by atoms with Crippen LogP contribution in [0.4, 0.5) is 17.1 Å². The molecule has 1 amide bonds. The van der Waals surface area contributed by atoms with Crippen LogP contribution in [-0.4, -0.2) is 13.0 Å². The number of amides is 1. The van der Waals surface area contributed by atoms with Crippen LogP contribution in [0.2, 0.25) is 0 Å². The maximum absolute atomic E-state index is 12.1. The van der Waals surface area contributed by atoms with Crippen molar-refractivity contribution in [3.05, 3.63) is 48.5 Å². The fraction of sp³-hybridized carbons (Fsp3) is 0.278. The molecule has 1 aliphatic rings. The van der Waals surface area contributed by atoms with E-state index in [1.54, 1.807) is 7.11 Å². The van der Waals surface area contributed by atoms with Crippen molar-refractivity contribution in [1.29, 1.82) is 0 Å². The van der Waals surface area contributed by atoms with Gasteiger partial charge < -0.3 is 15.4 Å². The maximum atomic E-state index is 12.1. The Morgan fingerprint density at radius 1 is 1.05 bits per heavy atom. The third kappa shape index (κ3) is 3.22. The van der Waals surface area contributed by atoms with Crippen LogP contribution in [0.3, 0.4) is 0 Å². The van der Waals surface area contributed by atoms with Crippen molar-refractivity contribution >= 4 is 23.0 Å². The molecular formula is C18H20N2O2. The molecule has 0 radical (unpaired) electrons. The minimum atomic E-state index is 0.121. The molecule has 4 heteroatoms. The number of carbonyl (C=O) groups excluding carboxylic acids is 1. The van der Waals surface area contributed by atoms with E-state index in [4.69, 9.17) is 4.74 Å². The first kappa shape index (κ1) is 14.4. The van der Waals surface area contributed by atoms with E-state index in [1.807, 2.05) is 48.5 Å². The topological polar surface area (TPSA) is 50.4 Å². The quantitative estimate of drug-likeness (QED) is 0.870.